The quantitative estimate of drug-likeness (QED) is 0.386. The van der Waals surface area contributed by atoms with Crippen molar-refractivity contribution in [2.24, 2.45) is 0 Å². The number of halogens is 2. The number of hydrogen-bond acceptors (Lipinski definition) is 3. The summed E-state index contributed by atoms with van der Waals surface area (Å²) in [5.41, 5.74) is 0.885. The molecule has 7 heteroatoms. The summed E-state index contributed by atoms with van der Waals surface area (Å²) >= 11 is 13.4. The third-order valence-electron chi connectivity index (χ3n) is 4.41. The molecule has 4 nitrogen and oxygen atoms in total. The Hall–Kier alpha value is -1.69. The van der Waals surface area contributed by atoms with E-state index in [2.05, 4.69) is 12.2 Å². The van der Waals surface area contributed by atoms with Crippen LogP contribution in [0.2, 0.25) is 10.0 Å². The molecule has 0 saturated carbocycles. The Balaban J connectivity index is 2.10. The second-order valence-corrected chi connectivity index (χ2v) is 8.64. The minimum atomic E-state index is -0.579. The van der Waals surface area contributed by atoms with Gasteiger partial charge in [-0.05, 0) is 55.3 Å². The molecule has 156 valence electrons. The summed E-state index contributed by atoms with van der Waals surface area (Å²) < 4.78 is 0. The van der Waals surface area contributed by atoms with E-state index in [0.29, 0.717) is 23.1 Å². The molecule has 0 spiro atoms. The van der Waals surface area contributed by atoms with Gasteiger partial charge in [0.25, 0.3) is 0 Å². The van der Waals surface area contributed by atoms with Gasteiger partial charge in [-0.1, -0.05) is 48.7 Å². The number of rotatable bonds is 10. The van der Waals surface area contributed by atoms with E-state index in [1.54, 1.807) is 30.0 Å². The van der Waals surface area contributed by atoms with Crippen LogP contribution in [0.3, 0.4) is 0 Å². The minimum absolute atomic E-state index is 0.108. The number of thioether (sulfide) groups is 1. The maximum atomic E-state index is 13.0. The Morgan fingerprint density at radius 2 is 1.83 bits per heavy atom. The molecular weight excluding hydrogens is 427 g/mol. The van der Waals surface area contributed by atoms with E-state index < -0.39 is 6.04 Å². The molecule has 0 bridgehead atoms. The van der Waals surface area contributed by atoms with Crippen LogP contribution in [0.25, 0.3) is 0 Å². The van der Waals surface area contributed by atoms with Crippen molar-refractivity contribution in [3.63, 3.8) is 0 Å². The number of hydrogen-bond donors (Lipinski definition) is 1. The van der Waals surface area contributed by atoms with Gasteiger partial charge in [-0.3, -0.25) is 9.59 Å². The summed E-state index contributed by atoms with van der Waals surface area (Å²) in [5.74, 6) is -0.0252. The fourth-order valence-electron chi connectivity index (χ4n) is 2.71. The van der Waals surface area contributed by atoms with E-state index >= 15 is 0 Å². The molecule has 29 heavy (non-hydrogen) atoms. The van der Waals surface area contributed by atoms with Crippen molar-refractivity contribution in [3.8, 4) is 0 Å². The van der Waals surface area contributed by atoms with E-state index in [0.717, 1.165) is 23.3 Å². The van der Waals surface area contributed by atoms with Gasteiger partial charge in [-0.25, -0.2) is 0 Å². The molecule has 2 aromatic carbocycles. The number of carbonyl (C=O) groups is 2. The van der Waals surface area contributed by atoms with Crippen molar-refractivity contribution in [2.75, 3.05) is 12.3 Å². The average Bonchev–Trinajstić information content (AvgIpc) is 2.71. The highest BCUT2D eigenvalue weighted by Crippen LogP contribution is 2.22. The molecule has 0 radical (unpaired) electrons. The number of nitrogens with zero attached hydrogens (tertiary/aromatic N) is 1. The van der Waals surface area contributed by atoms with Gasteiger partial charge in [-0.15, -0.1) is 11.8 Å². The molecule has 0 fully saturated rings. The standard InChI is InChI=1S/C22H26Cl2N2O2S/c1-3-4-12-25-22(28)16(2)26(14-17-6-5-7-19(24)13-17)21(27)15-29-20-10-8-18(23)9-11-20/h5-11,13,16H,3-4,12,14-15H2,1-2H3,(H,25,28)/t16-/m0/s1. The summed E-state index contributed by atoms with van der Waals surface area (Å²) in [6.45, 7) is 4.76. The minimum Gasteiger partial charge on any atom is -0.354 e. The molecule has 2 rings (SSSR count). The Labute approximate surface area is 187 Å². The van der Waals surface area contributed by atoms with E-state index in [9.17, 15) is 9.59 Å². The lowest BCUT2D eigenvalue weighted by molar-refractivity contribution is -0.138. The number of nitrogens with one attached hydrogen (secondary N) is 1. The summed E-state index contributed by atoms with van der Waals surface area (Å²) in [6.07, 6.45) is 1.91. The monoisotopic (exact) mass is 452 g/mol. The van der Waals surface area contributed by atoms with Gasteiger partial charge >= 0.3 is 0 Å². The molecule has 0 aromatic heterocycles. The van der Waals surface area contributed by atoms with E-state index in [-0.39, 0.29) is 17.6 Å². The maximum Gasteiger partial charge on any atom is 0.242 e. The summed E-state index contributed by atoms with van der Waals surface area (Å²) in [5, 5.41) is 4.17. The van der Waals surface area contributed by atoms with Gasteiger partial charge in [0.1, 0.15) is 6.04 Å². The molecule has 1 N–H and O–H groups in total. The number of benzene rings is 2. The van der Waals surface area contributed by atoms with Crippen LogP contribution in [-0.2, 0) is 16.1 Å². The highest BCUT2D eigenvalue weighted by atomic mass is 35.5. The van der Waals surface area contributed by atoms with Gasteiger partial charge in [0.15, 0.2) is 0 Å². The van der Waals surface area contributed by atoms with Crippen LogP contribution in [0, 0.1) is 0 Å². The van der Waals surface area contributed by atoms with Crippen molar-refractivity contribution in [3.05, 3.63) is 64.1 Å². The zero-order chi connectivity index (χ0) is 21.2. The Bertz CT molecular complexity index is 815. The summed E-state index contributed by atoms with van der Waals surface area (Å²) in [7, 11) is 0. The Morgan fingerprint density at radius 3 is 2.48 bits per heavy atom. The first kappa shape index (κ1) is 23.6. The summed E-state index contributed by atoms with van der Waals surface area (Å²) in [4.78, 5) is 28.2. The Morgan fingerprint density at radius 1 is 1.10 bits per heavy atom. The highest BCUT2D eigenvalue weighted by Gasteiger charge is 2.26. The molecule has 0 saturated heterocycles. The van der Waals surface area contributed by atoms with Crippen molar-refractivity contribution in [2.45, 2.75) is 44.2 Å². The van der Waals surface area contributed by atoms with Crippen molar-refractivity contribution in [1.29, 1.82) is 0 Å². The molecule has 0 aliphatic rings. The van der Waals surface area contributed by atoms with Crippen LogP contribution in [-0.4, -0.2) is 35.1 Å². The van der Waals surface area contributed by atoms with Gasteiger partial charge in [-0.2, -0.15) is 0 Å². The normalized spacial score (nSPS) is 11.7. The first-order chi connectivity index (χ1) is 13.9. The zero-order valence-corrected chi connectivity index (χ0v) is 19.0. The molecule has 2 amide bonds. The molecule has 0 heterocycles. The van der Waals surface area contributed by atoms with Crippen molar-refractivity contribution < 1.29 is 9.59 Å². The fourth-order valence-corrected chi connectivity index (χ4v) is 3.83. The molecule has 2 aromatic rings. The van der Waals surface area contributed by atoms with Crippen molar-refractivity contribution >= 4 is 46.8 Å². The number of unbranched alkanes of at least 4 members (excludes halogenated alkanes) is 1. The summed E-state index contributed by atoms with van der Waals surface area (Å²) in [6, 6.07) is 14.1. The smallest absolute Gasteiger partial charge is 0.242 e. The van der Waals surface area contributed by atoms with Crippen LogP contribution in [0.1, 0.15) is 32.3 Å². The van der Waals surface area contributed by atoms with Crippen LogP contribution in [0.5, 0.6) is 0 Å². The SMILES string of the molecule is CCCCNC(=O)[C@H](C)N(Cc1cccc(Cl)c1)C(=O)CSc1ccc(Cl)cc1. The lowest BCUT2D eigenvalue weighted by Crippen LogP contribution is -2.48. The number of carbonyl (C=O) groups excluding carboxylic acids is 2. The zero-order valence-electron chi connectivity index (χ0n) is 16.7. The molecule has 0 aliphatic carbocycles. The van der Waals surface area contributed by atoms with Crippen LogP contribution in [0.4, 0.5) is 0 Å². The van der Waals surface area contributed by atoms with Crippen molar-refractivity contribution in [1.82, 2.24) is 10.2 Å². The fraction of sp³-hybridized carbons (Fsp3) is 0.364. The predicted octanol–water partition coefficient (Wildman–Crippen LogP) is 5.42. The molecular formula is C22H26Cl2N2O2S. The first-order valence-electron chi connectivity index (χ1n) is 9.60. The largest absolute Gasteiger partial charge is 0.354 e. The maximum absolute atomic E-state index is 13.0. The van der Waals surface area contributed by atoms with Crippen LogP contribution in [0.15, 0.2) is 53.4 Å². The van der Waals surface area contributed by atoms with Crippen LogP contribution < -0.4 is 5.32 Å². The molecule has 0 unspecified atom stereocenters. The topological polar surface area (TPSA) is 49.4 Å². The molecule has 1 atom stereocenters. The predicted molar refractivity (Wildman–Crippen MR) is 122 cm³/mol. The highest BCUT2D eigenvalue weighted by molar-refractivity contribution is 8.00. The van der Waals surface area contributed by atoms with Gasteiger partial charge < -0.3 is 10.2 Å². The lowest BCUT2D eigenvalue weighted by atomic mass is 10.1. The van der Waals surface area contributed by atoms with Gasteiger partial charge in [0.2, 0.25) is 11.8 Å². The first-order valence-corrected chi connectivity index (χ1v) is 11.3. The lowest BCUT2D eigenvalue weighted by Gasteiger charge is -2.29. The third kappa shape index (κ3) is 7.92. The Kier molecular flexibility index (Phi) is 9.85. The average molecular weight is 453 g/mol. The van der Waals surface area contributed by atoms with E-state index in [1.807, 2.05) is 30.3 Å². The van der Waals surface area contributed by atoms with Crippen LogP contribution >= 0.6 is 35.0 Å². The second-order valence-electron chi connectivity index (χ2n) is 6.71. The second kappa shape index (κ2) is 12.1. The third-order valence-corrected chi connectivity index (χ3v) is 5.90. The van der Waals surface area contributed by atoms with Gasteiger partial charge in [0, 0.05) is 28.0 Å². The molecule has 0 aliphatic heterocycles. The van der Waals surface area contributed by atoms with E-state index in [4.69, 9.17) is 23.2 Å². The van der Waals surface area contributed by atoms with Gasteiger partial charge in [0.05, 0.1) is 5.75 Å². The van der Waals surface area contributed by atoms with E-state index in [1.165, 1.54) is 11.8 Å². The number of amides is 2.